The fourth-order valence-electron chi connectivity index (χ4n) is 5.62. The maximum atomic E-state index is 14.5. The van der Waals surface area contributed by atoms with Crippen LogP contribution in [-0.4, -0.2) is 58.5 Å². The SMILES string of the molecule is Cc1c(-n2nccn2)sc2c1c(=O)n(C(C)(C)C(=O)NC(C)C)c(=O)n2C[C@H](OC1CCC(O)CC1)c1cc(F)ccc1O. The molecule has 44 heavy (non-hydrogen) atoms. The Balaban J connectivity index is 1.74. The van der Waals surface area contributed by atoms with Crippen molar-refractivity contribution in [1.82, 2.24) is 29.4 Å². The van der Waals surface area contributed by atoms with Gasteiger partial charge >= 0.3 is 5.69 Å². The number of aliphatic hydroxyl groups excluding tert-OH is 1. The van der Waals surface area contributed by atoms with Gasteiger partial charge in [0.2, 0.25) is 5.91 Å². The van der Waals surface area contributed by atoms with Crippen molar-refractivity contribution < 1.29 is 24.1 Å². The minimum absolute atomic E-state index is 0.132. The summed E-state index contributed by atoms with van der Waals surface area (Å²) < 4.78 is 23.2. The van der Waals surface area contributed by atoms with Gasteiger partial charge in [0.25, 0.3) is 5.56 Å². The monoisotopic (exact) mass is 628 g/mol. The summed E-state index contributed by atoms with van der Waals surface area (Å²) >= 11 is 1.13. The molecule has 3 N–H and O–H groups in total. The van der Waals surface area contributed by atoms with Gasteiger partial charge in [-0.15, -0.1) is 4.80 Å². The average molecular weight is 629 g/mol. The van der Waals surface area contributed by atoms with Crippen LogP contribution in [-0.2, 0) is 21.6 Å². The van der Waals surface area contributed by atoms with Crippen LogP contribution in [0.3, 0.4) is 0 Å². The molecule has 1 aliphatic rings. The normalized spacial score (nSPS) is 18.2. The number of amides is 1. The molecule has 0 bridgehead atoms. The number of phenols is 1. The molecule has 4 aromatic rings. The Morgan fingerprint density at radius 3 is 2.48 bits per heavy atom. The van der Waals surface area contributed by atoms with Gasteiger partial charge in [-0.2, -0.15) is 10.2 Å². The molecule has 14 heteroatoms. The van der Waals surface area contributed by atoms with E-state index in [1.54, 1.807) is 20.8 Å². The molecule has 0 aliphatic heterocycles. The van der Waals surface area contributed by atoms with Crippen LogP contribution in [0.5, 0.6) is 5.75 Å². The maximum absolute atomic E-state index is 14.5. The second-order valence-corrected chi connectivity index (χ2v) is 13.0. The number of nitrogens with zero attached hydrogens (tertiary/aromatic N) is 5. The summed E-state index contributed by atoms with van der Waals surface area (Å²) in [6.07, 6.45) is 3.31. The first kappa shape index (κ1) is 31.5. The average Bonchev–Trinajstić information content (AvgIpc) is 3.60. The van der Waals surface area contributed by atoms with E-state index in [2.05, 4.69) is 15.5 Å². The Morgan fingerprint density at radius 2 is 1.84 bits per heavy atom. The molecule has 1 amide bonds. The van der Waals surface area contributed by atoms with Crippen LogP contribution in [0.2, 0.25) is 0 Å². The molecular formula is C30H37FN6O6S. The quantitative estimate of drug-likeness (QED) is 0.255. The lowest BCUT2D eigenvalue weighted by atomic mass is 9.94. The fourth-order valence-corrected chi connectivity index (χ4v) is 6.84. The molecule has 12 nitrogen and oxygen atoms in total. The first-order valence-corrected chi connectivity index (χ1v) is 15.4. The number of thiophene rings is 1. The highest BCUT2D eigenvalue weighted by Gasteiger charge is 2.37. The zero-order valence-corrected chi connectivity index (χ0v) is 26.1. The zero-order chi connectivity index (χ0) is 31.9. The number of halogens is 1. The molecule has 5 rings (SSSR count). The summed E-state index contributed by atoms with van der Waals surface area (Å²) in [6, 6.07) is 3.27. The minimum atomic E-state index is -1.59. The van der Waals surface area contributed by atoms with Crippen molar-refractivity contribution in [3.63, 3.8) is 0 Å². The van der Waals surface area contributed by atoms with Gasteiger partial charge in [-0.25, -0.2) is 13.8 Å². The van der Waals surface area contributed by atoms with Crippen LogP contribution < -0.4 is 16.6 Å². The highest BCUT2D eigenvalue weighted by atomic mass is 32.1. The maximum Gasteiger partial charge on any atom is 0.333 e. The van der Waals surface area contributed by atoms with E-state index in [1.807, 2.05) is 0 Å². The molecule has 3 aromatic heterocycles. The van der Waals surface area contributed by atoms with E-state index >= 15 is 0 Å². The highest BCUT2D eigenvalue weighted by Crippen LogP contribution is 2.36. The first-order chi connectivity index (χ1) is 20.8. The number of aromatic nitrogens is 5. The molecule has 1 fully saturated rings. The van der Waals surface area contributed by atoms with Crippen molar-refractivity contribution in [2.45, 2.75) is 96.7 Å². The van der Waals surface area contributed by atoms with Crippen molar-refractivity contribution in [1.29, 1.82) is 0 Å². The predicted octanol–water partition coefficient (Wildman–Crippen LogP) is 3.28. The molecule has 3 heterocycles. The Morgan fingerprint density at radius 1 is 1.18 bits per heavy atom. The molecule has 0 spiro atoms. The number of aliphatic hydroxyl groups is 1. The fraction of sp³-hybridized carbons (Fsp3) is 0.500. The molecule has 236 valence electrons. The van der Waals surface area contributed by atoms with E-state index in [0.29, 0.717) is 41.1 Å². The number of benzene rings is 1. The van der Waals surface area contributed by atoms with Gasteiger partial charge < -0.3 is 20.3 Å². The number of ether oxygens (including phenoxy) is 1. The third-order valence-electron chi connectivity index (χ3n) is 8.01. The second-order valence-electron chi connectivity index (χ2n) is 12.0. The topological polar surface area (TPSA) is 154 Å². The zero-order valence-electron chi connectivity index (χ0n) is 25.3. The summed E-state index contributed by atoms with van der Waals surface area (Å²) in [7, 11) is 0. The summed E-state index contributed by atoms with van der Waals surface area (Å²) in [5.74, 6) is -1.33. The molecule has 1 atom stereocenters. The van der Waals surface area contributed by atoms with Gasteiger partial charge in [0.1, 0.15) is 33.0 Å². The number of fused-ring (bicyclic) bond motifs is 1. The number of phenolic OH excluding ortho intramolecular Hbond substituents is 1. The van der Waals surface area contributed by atoms with E-state index in [1.165, 1.54) is 41.7 Å². The summed E-state index contributed by atoms with van der Waals surface area (Å²) in [6.45, 7) is 8.07. The molecule has 1 saturated carbocycles. The van der Waals surface area contributed by atoms with Crippen LogP contribution in [0.4, 0.5) is 4.39 Å². The van der Waals surface area contributed by atoms with E-state index in [0.717, 1.165) is 28.0 Å². The number of aryl methyl sites for hydroxylation is 1. The summed E-state index contributed by atoms with van der Waals surface area (Å²) in [5, 5.41) is 32.7. The Labute approximate surface area is 256 Å². The Kier molecular flexibility index (Phi) is 8.78. The van der Waals surface area contributed by atoms with Gasteiger partial charge in [-0.3, -0.25) is 14.2 Å². The molecule has 1 aromatic carbocycles. The van der Waals surface area contributed by atoms with Crippen LogP contribution in [0.25, 0.3) is 15.2 Å². The lowest BCUT2D eigenvalue weighted by Gasteiger charge is -2.31. The lowest BCUT2D eigenvalue weighted by molar-refractivity contribution is -0.129. The van der Waals surface area contributed by atoms with Gasteiger partial charge in [-0.05, 0) is 78.5 Å². The minimum Gasteiger partial charge on any atom is -0.508 e. The van der Waals surface area contributed by atoms with E-state index in [4.69, 9.17) is 4.74 Å². The number of hydrogen-bond donors (Lipinski definition) is 3. The molecule has 0 unspecified atom stereocenters. The van der Waals surface area contributed by atoms with Crippen LogP contribution in [0.1, 0.15) is 70.6 Å². The van der Waals surface area contributed by atoms with Gasteiger partial charge in [0.05, 0.1) is 36.5 Å². The highest BCUT2D eigenvalue weighted by molar-refractivity contribution is 7.21. The van der Waals surface area contributed by atoms with Gasteiger partial charge in [0, 0.05) is 17.2 Å². The number of aromatic hydroxyl groups is 1. The van der Waals surface area contributed by atoms with E-state index < -0.39 is 40.7 Å². The first-order valence-electron chi connectivity index (χ1n) is 14.6. The standard InChI is InChI=1S/C30H37FN6O6S/c1-16(2)34-28(41)30(4,5)36-25(40)24-17(3)26(37-32-12-13-33-37)44-27(24)35(29(36)42)15-23(21-14-18(31)6-11-22(21)39)43-20-9-7-19(38)8-10-20/h6,11-14,16,19-20,23,38-39H,7-10,15H2,1-5H3,(H,34,41)/t19?,20?,23-/m0/s1. The molecule has 0 saturated heterocycles. The van der Waals surface area contributed by atoms with Crippen LogP contribution in [0, 0.1) is 12.7 Å². The van der Waals surface area contributed by atoms with E-state index in [-0.39, 0.29) is 35.4 Å². The van der Waals surface area contributed by atoms with Crippen molar-refractivity contribution in [3.8, 4) is 10.8 Å². The van der Waals surface area contributed by atoms with Crippen LogP contribution in [0.15, 0.2) is 40.2 Å². The molecule has 1 aliphatic carbocycles. The van der Waals surface area contributed by atoms with Crippen molar-refractivity contribution in [2.24, 2.45) is 0 Å². The number of nitrogens with one attached hydrogen (secondary N) is 1. The number of hydrogen-bond acceptors (Lipinski definition) is 9. The van der Waals surface area contributed by atoms with Crippen molar-refractivity contribution in [3.05, 3.63) is 68.4 Å². The van der Waals surface area contributed by atoms with Crippen molar-refractivity contribution in [2.75, 3.05) is 0 Å². The third kappa shape index (κ3) is 5.93. The Bertz CT molecular complexity index is 1790. The van der Waals surface area contributed by atoms with Gasteiger partial charge in [0.15, 0.2) is 0 Å². The predicted molar refractivity (Wildman–Crippen MR) is 163 cm³/mol. The van der Waals surface area contributed by atoms with Gasteiger partial charge in [-0.1, -0.05) is 11.3 Å². The van der Waals surface area contributed by atoms with Crippen molar-refractivity contribution >= 4 is 27.5 Å². The number of carbonyl (C=O) groups is 1. The third-order valence-corrected chi connectivity index (χ3v) is 9.29. The number of carbonyl (C=O) groups excluding carboxylic acids is 1. The van der Waals surface area contributed by atoms with Crippen LogP contribution >= 0.6 is 11.3 Å². The summed E-state index contributed by atoms with van der Waals surface area (Å²) in [5.41, 5.74) is -2.36. The number of rotatable bonds is 9. The lowest BCUT2D eigenvalue weighted by Crippen LogP contribution is -2.56. The molecule has 0 radical (unpaired) electrons. The summed E-state index contributed by atoms with van der Waals surface area (Å²) in [4.78, 5) is 43.5. The largest absolute Gasteiger partial charge is 0.508 e. The smallest absolute Gasteiger partial charge is 0.333 e. The van der Waals surface area contributed by atoms with E-state index in [9.17, 15) is 29.0 Å². The second kappa shape index (κ2) is 12.3. The Hall–Kier alpha value is -3.88. The molecular weight excluding hydrogens is 591 g/mol.